The van der Waals surface area contributed by atoms with Gasteiger partial charge in [0.15, 0.2) is 5.82 Å². The van der Waals surface area contributed by atoms with E-state index in [9.17, 15) is 18.0 Å². The van der Waals surface area contributed by atoms with Gasteiger partial charge in [-0.15, -0.1) is 0 Å². The highest BCUT2D eigenvalue weighted by atomic mass is 35.5. The van der Waals surface area contributed by atoms with E-state index in [2.05, 4.69) is 20.2 Å². The number of hydrogen-bond acceptors (Lipinski definition) is 5. The molecule has 9 heteroatoms. The molecule has 0 bridgehead atoms. The van der Waals surface area contributed by atoms with Crippen LogP contribution in [0.1, 0.15) is 21.5 Å². The molecule has 0 aliphatic rings. The number of alkyl halides is 3. The predicted molar refractivity (Wildman–Crippen MR) is 83.2 cm³/mol. The van der Waals surface area contributed by atoms with Crippen molar-refractivity contribution in [1.82, 2.24) is 4.98 Å². The predicted octanol–water partition coefficient (Wildman–Crippen LogP) is 3.99. The zero-order valence-electron chi connectivity index (χ0n) is 12.3. The van der Waals surface area contributed by atoms with Crippen LogP contribution in [-0.4, -0.2) is 24.3 Å². The fourth-order valence-electron chi connectivity index (χ4n) is 1.67. The van der Waals surface area contributed by atoms with Crippen molar-refractivity contribution in [3.8, 4) is 0 Å². The molecule has 1 aromatic carbocycles. The van der Waals surface area contributed by atoms with Crippen molar-refractivity contribution in [1.29, 1.82) is 0 Å². The highest BCUT2D eigenvalue weighted by molar-refractivity contribution is 6.32. The first-order valence-electron chi connectivity index (χ1n) is 6.51. The van der Waals surface area contributed by atoms with Crippen molar-refractivity contribution < 1.29 is 22.7 Å². The minimum Gasteiger partial charge on any atom is -0.465 e. The van der Waals surface area contributed by atoms with Gasteiger partial charge in [-0.25, -0.2) is 9.78 Å². The Morgan fingerprint density at radius 3 is 2.54 bits per heavy atom. The molecule has 0 unspecified atom stereocenters. The second-order valence-electron chi connectivity index (χ2n) is 4.54. The number of ether oxygens (including phenoxy) is 1. The molecule has 0 aliphatic heterocycles. The van der Waals surface area contributed by atoms with Gasteiger partial charge < -0.3 is 4.74 Å². The van der Waals surface area contributed by atoms with E-state index in [0.29, 0.717) is 17.3 Å². The number of benzene rings is 1. The lowest BCUT2D eigenvalue weighted by Gasteiger charge is -2.08. The van der Waals surface area contributed by atoms with Gasteiger partial charge in [0.25, 0.3) is 0 Å². The molecule has 24 heavy (non-hydrogen) atoms. The number of carbonyl (C=O) groups is 1. The first-order chi connectivity index (χ1) is 11.3. The Hall–Kier alpha value is -2.61. The molecule has 0 spiro atoms. The van der Waals surface area contributed by atoms with Crippen LogP contribution in [0, 0.1) is 0 Å². The molecule has 5 nitrogen and oxygen atoms in total. The topological polar surface area (TPSA) is 63.6 Å². The Bertz CT molecular complexity index is 762. The summed E-state index contributed by atoms with van der Waals surface area (Å²) in [5.41, 5.74) is 2.55. The molecule has 0 saturated heterocycles. The summed E-state index contributed by atoms with van der Waals surface area (Å²) in [7, 11) is 1.28. The second kappa shape index (κ2) is 7.31. The highest BCUT2D eigenvalue weighted by Crippen LogP contribution is 2.32. The second-order valence-corrected chi connectivity index (χ2v) is 4.94. The fourth-order valence-corrected chi connectivity index (χ4v) is 1.87. The minimum atomic E-state index is -4.51. The third-order valence-corrected chi connectivity index (χ3v) is 3.17. The maximum atomic E-state index is 12.5. The van der Waals surface area contributed by atoms with Crippen LogP contribution in [-0.2, 0) is 10.9 Å². The lowest BCUT2D eigenvalue weighted by Crippen LogP contribution is -2.06. The molecule has 0 aliphatic carbocycles. The number of halogens is 4. The molecule has 2 aromatic rings. The number of hydrogen-bond donors (Lipinski definition) is 1. The van der Waals surface area contributed by atoms with E-state index in [1.807, 2.05) is 0 Å². The van der Waals surface area contributed by atoms with Crippen LogP contribution < -0.4 is 5.43 Å². The van der Waals surface area contributed by atoms with E-state index < -0.39 is 17.7 Å². The summed E-state index contributed by atoms with van der Waals surface area (Å²) >= 11 is 5.74. The Morgan fingerprint density at radius 2 is 2.00 bits per heavy atom. The molecule has 1 N–H and O–H groups in total. The summed E-state index contributed by atoms with van der Waals surface area (Å²) in [5.74, 6) is -0.468. The zero-order chi connectivity index (χ0) is 17.7. The summed E-state index contributed by atoms with van der Waals surface area (Å²) in [6, 6.07) is 7.11. The van der Waals surface area contributed by atoms with Gasteiger partial charge in [0.1, 0.15) is 0 Å². The molecule has 0 saturated carbocycles. The number of esters is 1. The Morgan fingerprint density at radius 1 is 1.33 bits per heavy atom. The monoisotopic (exact) mass is 357 g/mol. The molecule has 0 fully saturated rings. The van der Waals surface area contributed by atoms with Crippen molar-refractivity contribution in [2.75, 3.05) is 12.5 Å². The maximum Gasteiger partial charge on any atom is 0.417 e. The number of rotatable bonds is 4. The van der Waals surface area contributed by atoms with Crippen LogP contribution in [0.4, 0.5) is 19.0 Å². The third-order valence-electron chi connectivity index (χ3n) is 2.88. The van der Waals surface area contributed by atoms with E-state index in [0.717, 1.165) is 6.07 Å². The number of aromatic nitrogens is 1. The molecular formula is C15H11ClF3N3O2. The average molecular weight is 358 g/mol. The van der Waals surface area contributed by atoms with Gasteiger partial charge in [0.05, 0.1) is 29.5 Å². The number of nitrogens with zero attached hydrogens (tertiary/aromatic N) is 2. The van der Waals surface area contributed by atoms with Gasteiger partial charge in [0.2, 0.25) is 0 Å². The number of methoxy groups -OCH3 is 1. The van der Waals surface area contributed by atoms with E-state index in [1.165, 1.54) is 13.3 Å². The van der Waals surface area contributed by atoms with Crippen LogP contribution in [0.15, 0.2) is 41.6 Å². The van der Waals surface area contributed by atoms with Gasteiger partial charge in [0, 0.05) is 6.20 Å². The van der Waals surface area contributed by atoms with E-state index in [1.54, 1.807) is 24.3 Å². The van der Waals surface area contributed by atoms with Gasteiger partial charge in [-0.05, 0) is 23.8 Å². The molecule has 1 aromatic heterocycles. The van der Waals surface area contributed by atoms with Crippen molar-refractivity contribution in [3.05, 3.63) is 58.2 Å². The third kappa shape index (κ3) is 4.45. The van der Waals surface area contributed by atoms with Crippen molar-refractivity contribution in [3.63, 3.8) is 0 Å². The minimum absolute atomic E-state index is 0.00732. The molecule has 0 amide bonds. The molecule has 1 heterocycles. The first kappa shape index (κ1) is 17.7. The standard InChI is InChI=1S/C15H11ClF3N3O2/c1-24-14(23)10-4-2-9(3-5-10)7-21-22-13-12(16)6-11(8-20-13)15(17,18)19/h2-8H,1H3,(H,20,22)/b21-7+. The van der Waals surface area contributed by atoms with E-state index in [4.69, 9.17) is 11.6 Å². The fraction of sp³-hybridized carbons (Fsp3) is 0.133. The number of hydrazone groups is 1. The number of nitrogens with one attached hydrogen (secondary N) is 1. The Labute approximate surface area is 140 Å². The lowest BCUT2D eigenvalue weighted by molar-refractivity contribution is -0.137. The summed E-state index contributed by atoms with van der Waals surface area (Å²) in [6.07, 6.45) is -2.45. The number of anilines is 1. The summed E-state index contributed by atoms with van der Waals surface area (Å²) in [6.45, 7) is 0. The summed E-state index contributed by atoms with van der Waals surface area (Å²) in [4.78, 5) is 14.9. The molecule has 126 valence electrons. The van der Waals surface area contributed by atoms with Crippen molar-refractivity contribution in [2.45, 2.75) is 6.18 Å². The van der Waals surface area contributed by atoms with E-state index in [-0.39, 0.29) is 10.8 Å². The normalized spacial score (nSPS) is 11.5. The highest BCUT2D eigenvalue weighted by Gasteiger charge is 2.31. The van der Waals surface area contributed by atoms with Crippen molar-refractivity contribution >= 4 is 29.6 Å². The lowest BCUT2D eigenvalue weighted by atomic mass is 10.1. The molecule has 0 atom stereocenters. The van der Waals surface area contributed by atoms with Gasteiger partial charge in [-0.3, -0.25) is 5.43 Å². The van der Waals surface area contributed by atoms with E-state index >= 15 is 0 Å². The van der Waals surface area contributed by atoms with Crippen LogP contribution in [0.5, 0.6) is 0 Å². The molecular weight excluding hydrogens is 347 g/mol. The Balaban J connectivity index is 2.05. The zero-order valence-corrected chi connectivity index (χ0v) is 13.0. The quantitative estimate of drug-likeness (QED) is 0.510. The average Bonchev–Trinajstić information content (AvgIpc) is 2.55. The molecule has 2 rings (SSSR count). The summed E-state index contributed by atoms with van der Waals surface area (Å²) < 4.78 is 42.1. The molecule has 0 radical (unpaired) electrons. The van der Waals surface area contributed by atoms with Gasteiger partial charge in [-0.2, -0.15) is 18.3 Å². The summed E-state index contributed by atoms with van der Waals surface area (Å²) in [5, 5.41) is 3.63. The largest absolute Gasteiger partial charge is 0.465 e. The van der Waals surface area contributed by atoms with Crippen LogP contribution in [0.25, 0.3) is 0 Å². The van der Waals surface area contributed by atoms with Gasteiger partial charge >= 0.3 is 12.1 Å². The smallest absolute Gasteiger partial charge is 0.417 e. The van der Waals surface area contributed by atoms with Gasteiger partial charge in [-0.1, -0.05) is 23.7 Å². The first-order valence-corrected chi connectivity index (χ1v) is 6.89. The maximum absolute atomic E-state index is 12.5. The number of carbonyl (C=O) groups excluding carboxylic acids is 1. The SMILES string of the molecule is COC(=O)c1ccc(/C=N/Nc2ncc(C(F)(F)F)cc2Cl)cc1. The Kier molecular flexibility index (Phi) is 5.40. The van der Waals surface area contributed by atoms with Crippen LogP contribution in [0.2, 0.25) is 5.02 Å². The van der Waals surface area contributed by atoms with Crippen LogP contribution in [0.3, 0.4) is 0 Å². The van der Waals surface area contributed by atoms with Crippen molar-refractivity contribution in [2.24, 2.45) is 5.10 Å². The van der Waals surface area contributed by atoms with Crippen LogP contribution >= 0.6 is 11.6 Å². The number of pyridine rings is 1.